The first-order valence-corrected chi connectivity index (χ1v) is 7.54. The molecule has 1 aliphatic rings. The van der Waals surface area contributed by atoms with Crippen molar-refractivity contribution in [2.75, 3.05) is 12.4 Å². The van der Waals surface area contributed by atoms with Gasteiger partial charge in [-0.3, -0.25) is 4.79 Å². The van der Waals surface area contributed by atoms with Gasteiger partial charge < -0.3 is 15.2 Å². The summed E-state index contributed by atoms with van der Waals surface area (Å²) in [5, 5.41) is 20.3. The molecule has 0 bridgehead atoms. The van der Waals surface area contributed by atoms with E-state index in [-0.39, 0.29) is 27.4 Å². The predicted molar refractivity (Wildman–Crippen MR) is 93.9 cm³/mol. The average Bonchev–Trinajstić information content (AvgIpc) is 2.87. The molecule has 0 saturated carbocycles. The Morgan fingerprint density at radius 3 is 2.58 bits per heavy atom. The first kappa shape index (κ1) is 16.3. The second-order valence-corrected chi connectivity index (χ2v) is 5.71. The van der Waals surface area contributed by atoms with Gasteiger partial charge in [-0.15, -0.1) is 5.10 Å². The number of methoxy groups -OCH3 is 1. The molecule has 8 heteroatoms. The Bertz CT molecular complexity index is 871. The summed E-state index contributed by atoms with van der Waals surface area (Å²) >= 11 is 11.7. The highest BCUT2D eigenvalue weighted by molar-refractivity contribution is 6.53. The molecular formula is C16H11Cl2N3O3. The van der Waals surface area contributed by atoms with Gasteiger partial charge in [-0.1, -0.05) is 23.2 Å². The number of hydrogen-bond donors (Lipinski definition) is 2. The zero-order valence-corrected chi connectivity index (χ0v) is 13.9. The summed E-state index contributed by atoms with van der Waals surface area (Å²) in [5.41, 5.74) is 1.97. The molecule has 2 aromatic carbocycles. The molecule has 6 nitrogen and oxygen atoms in total. The Labute approximate surface area is 147 Å². The molecule has 3 rings (SSSR count). The van der Waals surface area contributed by atoms with E-state index in [1.807, 2.05) is 0 Å². The molecule has 1 aliphatic heterocycles. The van der Waals surface area contributed by atoms with E-state index in [0.29, 0.717) is 22.6 Å². The molecule has 0 unspecified atom stereocenters. The van der Waals surface area contributed by atoms with Crippen LogP contribution in [-0.4, -0.2) is 30.0 Å². The molecule has 0 radical (unpaired) electrons. The first-order chi connectivity index (χ1) is 11.5. The summed E-state index contributed by atoms with van der Waals surface area (Å²) in [6, 6.07) is 8.15. The van der Waals surface area contributed by atoms with Crippen LogP contribution in [0.25, 0.3) is 0 Å². The number of rotatable bonds is 3. The van der Waals surface area contributed by atoms with E-state index in [0.717, 1.165) is 0 Å². The molecule has 0 spiro atoms. The normalized spacial score (nSPS) is 15.0. The van der Waals surface area contributed by atoms with Crippen LogP contribution in [0, 0.1) is 0 Å². The van der Waals surface area contributed by atoms with Gasteiger partial charge in [0.15, 0.2) is 11.5 Å². The van der Waals surface area contributed by atoms with Crippen molar-refractivity contribution in [3.63, 3.8) is 0 Å². The van der Waals surface area contributed by atoms with E-state index >= 15 is 0 Å². The maximum absolute atomic E-state index is 12.0. The highest BCUT2D eigenvalue weighted by Gasteiger charge is 2.26. The van der Waals surface area contributed by atoms with Crippen molar-refractivity contribution in [2.24, 2.45) is 10.2 Å². The van der Waals surface area contributed by atoms with E-state index in [4.69, 9.17) is 27.9 Å². The third-order valence-electron chi connectivity index (χ3n) is 3.35. The van der Waals surface area contributed by atoms with Gasteiger partial charge in [-0.05, 0) is 35.9 Å². The van der Waals surface area contributed by atoms with Crippen molar-refractivity contribution < 1.29 is 14.6 Å². The summed E-state index contributed by atoms with van der Waals surface area (Å²) < 4.78 is 5.15. The number of anilines is 1. The highest BCUT2D eigenvalue weighted by Crippen LogP contribution is 2.32. The van der Waals surface area contributed by atoms with E-state index in [2.05, 4.69) is 15.5 Å². The molecule has 0 saturated heterocycles. The van der Waals surface area contributed by atoms with Crippen molar-refractivity contribution in [3.05, 3.63) is 51.5 Å². The lowest BCUT2D eigenvalue weighted by molar-refractivity contribution is -0.110. The monoisotopic (exact) mass is 363 g/mol. The van der Waals surface area contributed by atoms with Gasteiger partial charge in [0.2, 0.25) is 0 Å². The quantitative estimate of drug-likeness (QED) is 0.646. The summed E-state index contributed by atoms with van der Waals surface area (Å²) in [4.78, 5) is 12.0. The second kappa shape index (κ2) is 6.51. The number of phenolic OH excluding ortho intramolecular Hbond substituents is 1. The fourth-order valence-corrected chi connectivity index (χ4v) is 2.68. The molecule has 1 amide bonds. The van der Waals surface area contributed by atoms with Crippen LogP contribution in [0.2, 0.25) is 10.0 Å². The summed E-state index contributed by atoms with van der Waals surface area (Å²) in [6.07, 6.45) is 1.38. The molecular weight excluding hydrogens is 353 g/mol. The third kappa shape index (κ3) is 3.06. The molecule has 0 aliphatic carbocycles. The molecule has 2 N–H and O–H groups in total. The van der Waals surface area contributed by atoms with E-state index in [1.165, 1.54) is 18.3 Å². The van der Waals surface area contributed by atoms with Crippen molar-refractivity contribution in [3.8, 4) is 11.5 Å². The maximum atomic E-state index is 12.0. The fourth-order valence-electron chi connectivity index (χ4n) is 2.17. The predicted octanol–water partition coefficient (Wildman–Crippen LogP) is 3.48. The van der Waals surface area contributed by atoms with E-state index < -0.39 is 0 Å². The average molecular weight is 364 g/mol. The highest BCUT2D eigenvalue weighted by atomic mass is 35.5. The number of carbonyl (C=O) groups excluding carboxylic acids is 1. The number of nitrogens with zero attached hydrogens (tertiary/aromatic N) is 2. The molecule has 0 aromatic heterocycles. The molecule has 0 fully saturated rings. The van der Waals surface area contributed by atoms with Crippen LogP contribution >= 0.6 is 23.2 Å². The van der Waals surface area contributed by atoms with Gasteiger partial charge >= 0.3 is 0 Å². The van der Waals surface area contributed by atoms with Gasteiger partial charge in [0.25, 0.3) is 5.91 Å². The molecule has 1 heterocycles. The lowest BCUT2D eigenvalue weighted by atomic mass is 10.1. The number of carbonyl (C=O) groups is 1. The van der Waals surface area contributed by atoms with Crippen molar-refractivity contribution in [1.29, 1.82) is 0 Å². The second-order valence-electron chi connectivity index (χ2n) is 4.89. The molecule has 24 heavy (non-hydrogen) atoms. The number of nitrogens with one attached hydrogen (secondary N) is 1. The summed E-state index contributed by atoms with van der Waals surface area (Å²) in [5.74, 6) is 0.0641. The minimum Gasteiger partial charge on any atom is -0.505 e. The van der Waals surface area contributed by atoms with Crippen LogP contribution in [0.5, 0.6) is 11.5 Å². The SMILES string of the molecule is COc1ccc2c(c1)/C(=N\N=C/c1cc(Cl)c(O)c(Cl)c1)C(=O)N2. The summed E-state index contributed by atoms with van der Waals surface area (Å²) in [6.45, 7) is 0. The lowest BCUT2D eigenvalue weighted by Gasteiger charge is -2.02. The molecule has 122 valence electrons. The molecule has 0 atom stereocenters. The summed E-state index contributed by atoms with van der Waals surface area (Å²) in [7, 11) is 1.54. The van der Waals surface area contributed by atoms with Gasteiger partial charge in [-0.2, -0.15) is 5.10 Å². The largest absolute Gasteiger partial charge is 0.505 e. The van der Waals surface area contributed by atoms with Gasteiger partial charge in [0.1, 0.15) is 5.75 Å². The standard InChI is InChI=1S/C16H11Cl2N3O3/c1-24-9-2-3-13-10(6-9)14(16(23)20-13)21-19-7-8-4-11(17)15(22)12(18)5-8/h2-7,22H,1H3,(H,20,21,23)/b19-7-. The Balaban J connectivity index is 1.92. The number of hydrogen-bond acceptors (Lipinski definition) is 5. The third-order valence-corrected chi connectivity index (χ3v) is 3.93. The Morgan fingerprint density at radius 2 is 1.92 bits per heavy atom. The Kier molecular flexibility index (Phi) is 4.42. The van der Waals surface area contributed by atoms with Crippen LogP contribution in [0.15, 0.2) is 40.5 Å². The van der Waals surface area contributed by atoms with Crippen molar-refractivity contribution >= 4 is 46.7 Å². The molecule has 2 aromatic rings. The number of halogens is 2. The van der Waals surface area contributed by atoms with E-state index in [9.17, 15) is 9.90 Å². The number of ether oxygens (including phenoxy) is 1. The first-order valence-electron chi connectivity index (χ1n) is 6.78. The zero-order chi connectivity index (χ0) is 17.3. The van der Waals surface area contributed by atoms with Gasteiger partial charge in [0, 0.05) is 5.56 Å². The van der Waals surface area contributed by atoms with Crippen LogP contribution in [0.4, 0.5) is 5.69 Å². The lowest BCUT2D eigenvalue weighted by Crippen LogP contribution is -2.13. The smallest absolute Gasteiger partial charge is 0.276 e. The number of fused-ring (bicyclic) bond motifs is 1. The topological polar surface area (TPSA) is 83.3 Å². The number of benzene rings is 2. The Hall–Kier alpha value is -2.57. The van der Waals surface area contributed by atoms with E-state index in [1.54, 1.807) is 25.3 Å². The fraction of sp³-hybridized carbons (Fsp3) is 0.0625. The van der Waals surface area contributed by atoms with Crippen molar-refractivity contribution in [2.45, 2.75) is 0 Å². The van der Waals surface area contributed by atoms with Crippen molar-refractivity contribution in [1.82, 2.24) is 0 Å². The maximum Gasteiger partial charge on any atom is 0.276 e. The van der Waals surface area contributed by atoms with Gasteiger partial charge in [-0.25, -0.2) is 0 Å². The number of aromatic hydroxyl groups is 1. The van der Waals surface area contributed by atoms with Crippen LogP contribution in [0.3, 0.4) is 0 Å². The number of amides is 1. The van der Waals surface area contributed by atoms with Crippen LogP contribution < -0.4 is 10.1 Å². The van der Waals surface area contributed by atoms with Gasteiger partial charge in [0.05, 0.1) is 29.1 Å². The number of phenols is 1. The Morgan fingerprint density at radius 1 is 1.21 bits per heavy atom. The zero-order valence-electron chi connectivity index (χ0n) is 12.4. The van der Waals surface area contributed by atoms with Crippen LogP contribution in [-0.2, 0) is 4.79 Å². The minimum atomic E-state index is -0.350. The van der Waals surface area contributed by atoms with Crippen LogP contribution in [0.1, 0.15) is 11.1 Å². The minimum absolute atomic E-state index is 0.102.